The molecule has 2 aromatic carbocycles. The Morgan fingerprint density at radius 3 is 2.58 bits per heavy atom. The van der Waals surface area contributed by atoms with Crippen LogP contribution < -0.4 is 10.1 Å². The van der Waals surface area contributed by atoms with E-state index in [9.17, 15) is 23.1 Å². The first-order valence-electron chi connectivity index (χ1n) is 12.9. The summed E-state index contributed by atoms with van der Waals surface area (Å²) in [6.45, 7) is 8.39. The molecular weight excluding hydrogens is 523 g/mol. The summed E-state index contributed by atoms with van der Waals surface area (Å²) in [5.41, 5.74) is 1.05. The van der Waals surface area contributed by atoms with Gasteiger partial charge in [-0.25, -0.2) is 9.97 Å². The van der Waals surface area contributed by atoms with Crippen molar-refractivity contribution in [3.63, 3.8) is 0 Å². The second-order valence-electron chi connectivity index (χ2n) is 10.2. The van der Waals surface area contributed by atoms with E-state index in [0.717, 1.165) is 23.2 Å². The molecule has 0 atom stereocenters. The Balaban J connectivity index is 1.51. The molecule has 0 radical (unpaired) electrons. The third-order valence-corrected chi connectivity index (χ3v) is 6.31. The first kappa shape index (κ1) is 28.9. The van der Waals surface area contributed by atoms with Crippen LogP contribution in [0.1, 0.15) is 38.3 Å². The molecule has 2 aromatic heterocycles. The highest BCUT2D eigenvalue weighted by Crippen LogP contribution is 2.34. The van der Waals surface area contributed by atoms with Crippen LogP contribution in [0.4, 0.5) is 24.7 Å². The molecule has 2 heterocycles. The Hall–Kier alpha value is -4.12. The van der Waals surface area contributed by atoms with Gasteiger partial charge in [-0.1, -0.05) is 6.07 Å². The van der Waals surface area contributed by atoms with Crippen molar-refractivity contribution >= 4 is 28.4 Å². The number of halogens is 3. The average molecular weight is 556 g/mol. The topological polar surface area (TPSA) is 92.5 Å². The Morgan fingerprint density at radius 2 is 1.90 bits per heavy atom. The highest BCUT2D eigenvalue weighted by molar-refractivity contribution is 5.88. The van der Waals surface area contributed by atoms with Gasteiger partial charge in [0.2, 0.25) is 5.91 Å². The molecule has 212 valence electrons. The smallest absolute Gasteiger partial charge is 0.416 e. The standard InChI is InChI=1S/C29H32F3N5O3/c1-5-36(25(38)17-28(3,4)39)13-14-37-12-11-23-26(37)27(34-18-33-23)35-21-9-10-24(19(2)15-21)40-22-8-6-7-20(16-22)29(30,31)32/h6-12,15-16,18,39H,5,13-14,17H2,1-4H3,(H,33,34,35). The van der Waals surface area contributed by atoms with Gasteiger partial charge in [0.15, 0.2) is 5.82 Å². The molecule has 11 heteroatoms. The number of amides is 1. The molecule has 0 unspecified atom stereocenters. The Bertz CT molecular complexity index is 1490. The second-order valence-corrected chi connectivity index (χ2v) is 10.2. The van der Waals surface area contributed by atoms with Crippen molar-refractivity contribution in [3.8, 4) is 11.5 Å². The fourth-order valence-electron chi connectivity index (χ4n) is 4.32. The van der Waals surface area contributed by atoms with Crippen LogP contribution >= 0.6 is 0 Å². The number of aromatic nitrogens is 3. The van der Waals surface area contributed by atoms with Crippen LogP contribution in [0.5, 0.6) is 11.5 Å². The lowest BCUT2D eigenvalue weighted by Gasteiger charge is -2.25. The van der Waals surface area contributed by atoms with E-state index in [-0.39, 0.29) is 18.1 Å². The minimum Gasteiger partial charge on any atom is -0.457 e. The van der Waals surface area contributed by atoms with Gasteiger partial charge in [-0.05, 0) is 75.7 Å². The average Bonchev–Trinajstić information content (AvgIpc) is 3.29. The largest absolute Gasteiger partial charge is 0.457 e. The van der Waals surface area contributed by atoms with E-state index in [0.29, 0.717) is 42.5 Å². The number of ether oxygens (including phenoxy) is 1. The maximum atomic E-state index is 13.1. The zero-order chi connectivity index (χ0) is 29.1. The van der Waals surface area contributed by atoms with Gasteiger partial charge in [0.05, 0.1) is 23.1 Å². The van der Waals surface area contributed by atoms with Gasteiger partial charge in [-0.2, -0.15) is 13.2 Å². The van der Waals surface area contributed by atoms with Crippen molar-refractivity contribution in [2.24, 2.45) is 0 Å². The number of benzene rings is 2. The molecule has 2 N–H and O–H groups in total. The molecule has 4 aromatic rings. The minimum atomic E-state index is -4.45. The third-order valence-electron chi connectivity index (χ3n) is 6.31. The zero-order valence-electron chi connectivity index (χ0n) is 22.8. The number of hydrogen-bond acceptors (Lipinski definition) is 6. The number of hydrogen-bond donors (Lipinski definition) is 2. The van der Waals surface area contributed by atoms with Crippen molar-refractivity contribution in [3.05, 3.63) is 72.2 Å². The van der Waals surface area contributed by atoms with Crippen molar-refractivity contribution in [2.75, 3.05) is 18.4 Å². The molecular formula is C29H32F3N5O3. The molecule has 1 amide bonds. The Kier molecular flexibility index (Phi) is 8.34. The van der Waals surface area contributed by atoms with Gasteiger partial charge in [-0.15, -0.1) is 0 Å². The first-order chi connectivity index (χ1) is 18.8. The molecule has 0 aliphatic heterocycles. The zero-order valence-corrected chi connectivity index (χ0v) is 22.8. The summed E-state index contributed by atoms with van der Waals surface area (Å²) in [6.07, 6.45) is -1.08. The van der Waals surface area contributed by atoms with Gasteiger partial charge in [-0.3, -0.25) is 4.79 Å². The molecule has 0 aliphatic carbocycles. The highest BCUT2D eigenvalue weighted by Gasteiger charge is 2.30. The number of carbonyl (C=O) groups excluding carboxylic acids is 1. The van der Waals surface area contributed by atoms with Gasteiger partial charge in [0.25, 0.3) is 0 Å². The maximum absolute atomic E-state index is 13.1. The normalized spacial score (nSPS) is 12.0. The van der Waals surface area contributed by atoms with E-state index in [2.05, 4.69) is 15.3 Å². The molecule has 0 saturated carbocycles. The predicted molar refractivity (Wildman–Crippen MR) is 147 cm³/mol. The van der Waals surface area contributed by atoms with Crippen LogP contribution in [-0.4, -0.2) is 49.1 Å². The summed E-state index contributed by atoms with van der Waals surface area (Å²) in [5.74, 6) is 0.961. The fraction of sp³-hybridized carbons (Fsp3) is 0.345. The molecule has 0 aliphatic rings. The first-order valence-corrected chi connectivity index (χ1v) is 12.9. The number of alkyl halides is 3. The van der Waals surface area contributed by atoms with Crippen LogP contribution in [0.3, 0.4) is 0 Å². The van der Waals surface area contributed by atoms with E-state index < -0.39 is 17.3 Å². The molecule has 0 spiro atoms. The Labute approximate surface area is 230 Å². The molecule has 4 rings (SSSR count). The maximum Gasteiger partial charge on any atom is 0.416 e. The molecule has 0 saturated heterocycles. The summed E-state index contributed by atoms with van der Waals surface area (Å²) in [4.78, 5) is 23.1. The number of fused-ring (bicyclic) bond motifs is 1. The van der Waals surface area contributed by atoms with Gasteiger partial charge < -0.3 is 24.6 Å². The van der Waals surface area contributed by atoms with Gasteiger partial charge in [0.1, 0.15) is 23.3 Å². The van der Waals surface area contributed by atoms with Gasteiger partial charge in [0, 0.05) is 31.5 Å². The van der Waals surface area contributed by atoms with Crippen molar-refractivity contribution < 1.29 is 27.8 Å². The van der Waals surface area contributed by atoms with Crippen molar-refractivity contribution in [2.45, 2.75) is 52.4 Å². The number of rotatable bonds is 10. The quantitative estimate of drug-likeness (QED) is 0.239. The number of nitrogens with one attached hydrogen (secondary N) is 1. The molecule has 0 bridgehead atoms. The van der Waals surface area contributed by atoms with E-state index in [1.165, 1.54) is 18.5 Å². The van der Waals surface area contributed by atoms with E-state index in [4.69, 9.17) is 4.74 Å². The van der Waals surface area contributed by atoms with Crippen LogP contribution in [0.25, 0.3) is 11.0 Å². The number of aryl methyl sites for hydroxylation is 1. The summed E-state index contributed by atoms with van der Waals surface area (Å²) >= 11 is 0. The monoisotopic (exact) mass is 555 g/mol. The minimum absolute atomic E-state index is 0.0377. The lowest BCUT2D eigenvalue weighted by molar-refractivity contribution is -0.138. The predicted octanol–water partition coefficient (Wildman–Crippen LogP) is 6.30. The number of aliphatic hydroxyl groups is 1. The van der Waals surface area contributed by atoms with Crippen LogP contribution in [0, 0.1) is 6.92 Å². The van der Waals surface area contributed by atoms with E-state index in [1.54, 1.807) is 37.8 Å². The second kappa shape index (κ2) is 11.5. The third kappa shape index (κ3) is 7.09. The summed E-state index contributed by atoms with van der Waals surface area (Å²) in [5, 5.41) is 13.3. The summed E-state index contributed by atoms with van der Waals surface area (Å²) < 4.78 is 46.9. The summed E-state index contributed by atoms with van der Waals surface area (Å²) in [7, 11) is 0. The molecule has 0 fully saturated rings. The van der Waals surface area contributed by atoms with E-state index >= 15 is 0 Å². The lowest BCUT2D eigenvalue weighted by Crippen LogP contribution is -2.38. The summed E-state index contributed by atoms with van der Waals surface area (Å²) in [6, 6.07) is 11.9. The molecule has 8 nitrogen and oxygen atoms in total. The number of likely N-dealkylation sites (N-methyl/N-ethyl adjacent to an activating group) is 1. The van der Waals surface area contributed by atoms with Crippen LogP contribution in [0.2, 0.25) is 0 Å². The Morgan fingerprint density at radius 1 is 1.12 bits per heavy atom. The van der Waals surface area contributed by atoms with Crippen molar-refractivity contribution in [1.82, 2.24) is 19.4 Å². The number of anilines is 2. The fourth-order valence-corrected chi connectivity index (χ4v) is 4.32. The van der Waals surface area contributed by atoms with E-state index in [1.807, 2.05) is 29.8 Å². The van der Waals surface area contributed by atoms with Crippen LogP contribution in [0.15, 0.2) is 61.1 Å². The number of carbonyl (C=O) groups is 1. The van der Waals surface area contributed by atoms with Crippen LogP contribution in [-0.2, 0) is 17.5 Å². The highest BCUT2D eigenvalue weighted by atomic mass is 19.4. The SMILES string of the molecule is CCN(CCn1ccc2ncnc(Nc3ccc(Oc4cccc(C(F)(F)F)c4)c(C)c3)c21)C(=O)CC(C)(C)O. The number of nitrogens with zero attached hydrogens (tertiary/aromatic N) is 4. The van der Waals surface area contributed by atoms with Gasteiger partial charge >= 0.3 is 6.18 Å². The lowest BCUT2D eigenvalue weighted by atomic mass is 10.0. The van der Waals surface area contributed by atoms with Crippen molar-refractivity contribution in [1.29, 1.82) is 0 Å². The molecule has 40 heavy (non-hydrogen) atoms.